The lowest BCUT2D eigenvalue weighted by molar-refractivity contribution is -0.148. The summed E-state index contributed by atoms with van der Waals surface area (Å²) in [6.45, 7) is 4.41. The van der Waals surface area contributed by atoms with Crippen molar-refractivity contribution in [3.63, 3.8) is 0 Å². The van der Waals surface area contributed by atoms with Gasteiger partial charge in [-0.3, -0.25) is 4.79 Å². The molecule has 1 aliphatic rings. The maximum absolute atomic E-state index is 11.8. The minimum Gasteiger partial charge on any atom is -0.469 e. The molecule has 0 heterocycles. The number of benzene rings is 1. The molecular weight excluding hydrogens is 238 g/mol. The van der Waals surface area contributed by atoms with Crippen molar-refractivity contribution in [1.82, 2.24) is 0 Å². The lowest BCUT2D eigenvalue weighted by atomic mass is 9.90. The van der Waals surface area contributed by atoms with E-state index in [1.54, 1.807) is 0 Å². The topological polar surface area (TPSA) is 52.3 Å². The van der Waals surface area contributed by atoms with Crippen LogP contribution in [0, 0.1) is 11.3 Å². The van der Waals surface area contributed by atoms with Gasteiger partial charge in [-0.15, -0.1) is 0 Å². The highest BCUT2D eigenvalue weighted by molar-refractivity contribution is 5.81. The van der Waals surface area contributed by atoms with Gasteiger partial charge in [-0.25, -0.2) is 0 Å². The number of esters is 1. The van der Waals surface area contributed by atoms with E-state index >= 15 is 0 Å². The summed E-state index contributed by atoms with van der Waals surface area (Å²) in [5.41, 5.74) is 8.12. The molecule has 1 unspecified atom stereocenters. The van der Waals surface area contributed by atoms with E-state index in [1.165, 1.54) is 12.7 Å². The second kappa shape index (κ2) is 5.33. The fraction of sp³-hybridized carbons (Fsp3) is 0.562. The monoisotopic (exact) mass is 261 g/mol. The SMILES string of the molecule is COC(=O)C1(C(N)c2ccc(CC(C)C)cc2)CC1. The van der Waals surface area contributed by atoms with E-state index in [4.69, 9.17) is 10.5 Å². The predicted octanol–water partition coefficient (Wildman–Crippen LogP) is 2.84. The van der Waals surface area contributed by atoms with Gasteiger partial charge in [0.15, 0.2) is 0 Å². The first-order valence-electron chi connectivity index (χ1n) is 6.92. The minimum atomic E-state index is -0.478. The first-order valence-corrected chi connectivity index (χ1v) is 6.92. The molecule has 104 valence electrons. The van der Waals surface area contributed by atoms with Gasteiger partial charge in [-0.2, -0.15) is 0 Å². The van der Waals surface area contributed by atoms with Crippen LogP contribution in [0.2, 0.25) is 0 Å². The summed E-state index contributed by atoms with van der Waals surface area (Å²) in [7, 11) is 1.43. The van der Waals surface area contributed by atoms with Gasteiger partial charge in [0.25, 0.3) is 0 Å². The molecule has 1 atom stereocenters. The lowest BCUT2D eigenvalue weighted by Gasteiger charge is -2.21. The van der Waals surface area contributed by atoms with Crippen LogP contribution in [0.5, 0.6) is 0 Å². The van der Waals surface area contributed by atoms with Crippen LogP contribution < -0.4 is 5.73 Å². The molecule has 3 heteroatoms. The van der Waals surface area contributed by atoms with Gasteiger partial charge < -0.3 is 10.5 Å². The van der Waals surface area contributed by atoms with Crippen molar-refractivity contribution < 1.29 is 9.53 Å². The summed E-state index contributed by atoms with van der Waals surface area (Å²) in [5, 5.41) is 0. The van der Waals surface area contributed by atoms with Crippen LogP contribution in [-0.2, 0) is 16.0 Å². The molecule has 0 saturated heterocycles. The maximum Gasteiger partial charge on any atom is 0.313 e. The van der Waals surface area contributed by atoms with Crippen LogP contribution in [0.15, 0.2) is 24.3 Å². The third-order valence-electron chi connectivity index (χ3n) is 3.96. The van der Waals surface area contributed by atoms with Crippen molar-refractivity contribution >= 4 is 5.97 Å². The molecule has 0 aromatic heterocycles. The van der Waals surface area contributed by atoms with Crippen LogP contribution in [0.1, 0.15) is 43.9 Å². The van der Waals surface area contributed by atoms with Gasteiger partial charge in [0, 0.05) is 6.04 Å². The maximum atomic E-state index is 11.8. The number of hydrogen-bond acceptors (Lipinski definition) is 3. The van der Waals surface area contributed by atoms with Gasteiger partial charge >= 0.3 is 5.97 Å². The summed E-state index contributed by atoms with van der Waals surface area (Å²) in [4.78, 5) is 11.8. The molecule has 1 aromatic carbocycles. The smallest absolute Gasteiger partial charge is 0.313 e. The van der Waals surface area contributed by atoms with Crippen LogP contribution >= 0.6 is 0 Å². The summed E-state index contributed by atoms with van der Waals surface area (Å²) in [6.07, 6.45) is 2.72. The number of nitrogens with two attached hydrogens (primary N) is 1. The third-order valence-corrected chi connectivity index (χ3v) is 3.96. The van der Waals surface area contributed by atoms with Crippen molar-refractivity contribution in [2.45, 2.75) is 39.2 Å². The predicted molar refractivity (Wildman–Crippen MR) is 75.6 cm³/mol. The van der Waals surface area contributed by atoms with Gasteiger partial charge in [0.1, 0.15) is 0 Å². The zero-order valence-corrected chi connectivity index (χ0v) is 12.0. The van der Waals surface area contributed by atoms with E-state index in [0.717, 1.165) is 24.8 Å². The van der Waals surface area contributed by atoms with E-state index in [9.17, 15) is 4.79 Å². The van der Waals surface area contributed by atoms with E-state index in [-0.39, 0.29) is 12.0 Å². The fourth-order valence-electron chi connectivity index (χ4n) is 2.63. The summed E-state index contributed by atoms with van der Waals surface area (Å²) in [6, 6.07) is 8.06. The highest BCUT2D eigenvalue weighted by atomic mass is 16.5. The molecule has 19 heavy (non-hydrogen) atoms. The van der Waals surface area contributed by atoms with Gasteiger partial charge in [0.2, 0.25) is 0 Å². The van der Waals surface area contributed by atoms with Gasteiger partial charge in [0.05, 0.1) is 12.5 Å². The Balaban J connectivity index is 2.12. The molecule has 1 aliphatic carbocycles. The van der Waals surface area contributed by atoms with E-state index in [0.29, 0.717) is 5.92 Å². The number of methoxy groups -OCH3 is 1. The molecule has 0 bridgehead atoms. The van der Waals surface area contributed by atoms with Crippen molar-refractivity contribution in [1.29, 1.82) is 0 Å². The number of carbonyl (C=O) groups is 1. The lowest BCUT2D eigenvalue weighted by Crippen LogP contribution is -2.31. The third kappa shape index (κ3) is 2.81. The first-order chi connectivity index (χ1) is 8.99. The second-order valence-electron chi connectivity index (χ2n) is 5.96. The van der Waals surface area contributed by atoms with E-state index in [2.05, 4.69) is 26.0 Å². The molecule has 2 rings (SSSR count). The minimum absolute atomic E-state index is 0.175. The Hall–Kier alpha value is -1.35. The van der Waals surface area contributed by atoms with Crippen molar-refractivity contribution in [3.8, 4) is 0 Å². The molecule has 0 amide bonds. The number of rotatable bonds is 5. The largest absolute Gasteiger partial charge is 0.469 e. The number of ether oxygens (including phenoxy) is 1. The Morgan fingerprint density at radius 3 is 2.32 bits per heavy atom. The van der Waals surface area contributed by atoms with Crippen LogP contribution in [0.4, 0.5) is 0 Å². The van der Waals surface area contributed by atoms with Gasteiger partial charge in [-0.05, 0) is 36.3 Å². The zero-order valence-electron chi connectivity index (χ0n) is 12.0. The molecule has 1 fully saturated rings. The van der Waals surface area contributed by atoms with Crippen molar-refractivity contribution in [3.05, 3.63) is 35.4 Å². The summed E-state index contributed by atoms with van der Waals surface area (Å²) in [5.74, 6) is 0.468. The number of hydrogen-bond donors (Lipinski definition) is 1. The second-order valence-corrected chi connectivity index (χ2v) is 5.96. The van der Waals surface area contributed by atoms with Crippen molar-refractivity contribution in [2.24, 2.45) is 17.1 Å². The molecule has 0 aliphatic heterocycles. The van der Waals surface area contributed by atoms with Gasteiger partial charge in [-0.1, -0.05) is 38.1 Å². The quantitative estimate of drug-likeness (QED) is 0.829. The Labute approximate surface area is 115 Å². The zero-order chi connectivity index (χ0) is 14.0. The Kier molecular flexibility index (Phi) is 3.95. The van der Waals surface area contributed by atoms with Crippen LogP contribution in [0.3, 0.4) is 0 Å². The molecular formula is C16H23NO2. The highest BCUT2D eigenvalue weighted by Crippen LogP contribution is 2.54. The van der Waals surface area contributed by atoms with Crippen LogP contribution in [0.25, 0.3) is 0 Å². The number of carbonyl (C=O) groups excluding carboxylic acids is 1. The van der Waals surface area contributed by atoms with Crippen LogP contribution in [-0.4, -0.2) is 13.1 Å². The normalized spacial score (nSPS) is 18.2. The Bertz CT molecular complexity index is 446. The average Bonchev–Trinajstić information content (AvgIpc) is 3.18. The summed E-state index contributed by atoms with van der Waals surface area (Å²) < 4.78 is 4.88. The molecule has 3 nitrogen and oxygen atoms in total. The molecule has 0 spiro atoms. The standard InChI is InChI=1S/C16H23NO2/c1-11(2)10-12-4-6-13(7-5-12)14(17)16(8-9-16)15(18)19-3/h4-7,11,14H,8-10,17H2,1-3H3. The van der Waals surface area contributed by atoms with E-state index < -0.39 is 5.41 Å². The average molecular weight is 261 g/mol. The summed E-state index contributed by atoms with van der Waals surface area (Å²) >= 11 is 0. The first kappa shape index (κ1) is 14.1. The Morgan fingerprint density at radius 1 is 1.32 bits per heavy atom. The Morgan fingerprint density at radius 2 is 1.89 bits per heavy atom. The molecule has 2 N–H and O–H groups in total. The fourth-order valence-corrected chi connectivity index (χ4v) is 2.63. The van der Waals surface area contributed by atoms with E-state index in [1.807, 2.05) is 12.1 Å². The highest BCUT2D eigenvalue weighted by Gasteiger charge is 2.56. The molecule has 1 aromatic rings. The molecule has 0 radical (unpaired) electrons. The van der Waals surface area contributed by atoms with Crippen molar-refractivity contribution in [2.75, 3.05) is 7.11 Å². The molecule has 1 saturated carbocycles.